The molecule has 1 aromatic heterocycles. The van der Waals surface area contributed by atoms with E-state index in [0.29, 0.717) is 31.0 Å². The highest BCUT2D eigenvalue weighted by Crippen LogP contribution is 2.10. The average Bonchev–Trinajstić information content (AvgIpc) is 2.93. The number of nitrogens with one attached hydrogen (secondary N) is 2. The van der Waals surface area contributed by atoms with Crippen molar-refractivity contribution < 1.29 is 23.5 Å². The smallest absolute Gasteiger partial charge is 0.441 e. The highest BCUT2D eigenvalue weighted by Gasteiger charge is 2.30. The van der Waals surface area contributed by atoms with E-state index in [-0.39, 0.29) is 5.69 Å². The van der Waals surface area contributed by atoms with Gasteiger partial charge in [-0.1, -0.05) is 0 Å². The standard InChI is InChI=1S/C14H17N3O5/c1-20-9-3-8-15-13(18)12-14(19)22-16-17(12)10-4-6-11(21-2)7-5-10/h4-7H,3,8-9H2,1-2H3,(H-,15,16,18,19)/p+1. The Morgan fingerprint density at radius 1 is 1.32 bits per heavy atom. The molecule has 2 aromatic rings. The number of methoxy groups -OCH3 is 2. The molecule has 2 rings (SSSR count). The second-order valence-corrected chi connectivity index (χ2v) is 4.47. The topological polar surface area (TPSA) is 97.4 Å². The van der Waals surface area contributed by atoms with E-state index >= 15 is 0 Å². The zero-order valence-corrected chi connectivity index (χ0v) is 12.4. The lowest BCUT2D eigenvalue weighted by molar-refractivity contribution is -0.672. The average molecular weight is 308 g/mol. The molecule has 0 saturated heterocycles. The molecule has 0 fully saturated rings. The lowest BCUT2D eigenvalue weighted by Gasteiger charge is -2.01. The first-order chi connectivity index (χ1) is 10.7. The van der Waals surface area contributed by atoms with Crippen LogP contribution < -0.4 is 20.4 Å². The molecule has 1 heterocycles. The predicted molar refractivity (Wildman–Crippen MR) is 76.2 cm³/mol. The van der Waals surface area contributed by atoms with E-state index in [2.05, 4.69) is 10.6 Å². The molecular formula is C14H18N3O5+. The molecule has 1 amide bonds. The lowest BCUT2D eigenvalue weighted by atomic mass is 10.3. The first-order valence-electron chi connectivity index (χ1n) is 6.72. The van der Waals surface area contributed by atoms with Crippen molar-refractivity contribution in [3.8, 4) is 11.4 Å². The fourth-order valence-electron chi connectivity index (χ4n) is 1.88. The van der Waals surface area contributed by atoms with Crippen molar-refractivity contribution in [2.45, 2.75) is 6.42 Å². The van der Waals surface area contributed by atoms with Crippen LogP contribution >= 0.6 is 0 Å². The molecule has 0 atom stereocenters. The van der Waals surface area contributed by atoms with Gasteiger partial charge in [-0.3, -0.25) is 9.32 Å². The second kappa shape index (κ2) is 7.41. The van der Waals surface area contributed by atoms with Gasteiger partial charge in [-0.25, -0.2) is 4.79 Å². The minimum Gasteiger partial charge on any atom is -0.497 e. The molecule has 2 N–H and O–H groups in total. The van der Waals surface area contributed by atoms with Crippen LogP contribution in [0.2, 0.25) is 0 Å². The van der Waals surface area contributed by atoms with Crippen LogP contribution in [0.3, 0.4) is 0 Å². The third kappa shape index (κ3) is 3.53. The van der Waals surface area contributed by atoms with Gasteiger partial charge in [0.15, 0.2) is 0 Å². The summed E-state index contributed by atoms with van der Waals surface area (Å²) in [4.78, 5) is 23.9. The maximum atomic E-state index is 12.1. The van der Waals surface area contributed by atoms with E-state index in [1.54, 1.807) is 38.5 Å². The summed E-state index contributed by atoms with van der Waals surface area (Å²) in [6, 6.07) is 6.83. The van der Waals surface area contributed by atoms with E-state index in [4.69, 9.17) is 14.0 Å². The Kier molecular flexibility index (Phi) is 5.31. The highest BCUT2D eigenvalue weighted by atomic mass is 16.5. The highest BCUT2D eigenvalue weighted by molar-refractivity contribution is 5.90. The summed E-state index contributed by atoms with van der Waals surface area (Å²) in [6.45, 7) is 0.931. The van der Waals surface area contributed by atoms with Gasteiger partial charge >= 0.3 is 17.2 Å². The molecule has 0 unspecified atom stereocenters. The Morgan fingerprint density at radius 2 is 2.05 bits per heavy atom. The zero-order chi connectivity index (χ0) is 15.9. The molecule has 22 heavy (non-hydrogen) atoms. The summed E-state index contributed by atoms with van der Waals surface area (Å²) in [7, 11) is 3.14. The van der Waals surface area contributed by atoms with Crippen molar-refractivity contribution in [1.82, 2.24) is 10.6 Å². The second-order valence-electron chi connectivity index (χ2n) is 4.47. The van der Waals surface area contributed by atoms with Gasteiger partial charge in [0.05, 0.1) is 7.11 Å². The van der Waals surface area contributed by atoms with E-state index in [9.17, 15) is 9.59 Å². The van der Waals surface area contributed by atoms with Crippen LogP contribution in [0.15, 0.2) is 33.6 Å². The summed E-state index contributed by atoms with van der Waals surface area (Å²) in [5.74, 6) is 0.155. The number of aromatic nitrogens is 2. The fraction of sp³-hybridized carbons (Fsp3) is 0.357. The van der Waals surface area contributed by atoms with Crippen molar-refractivity contribution in [3.05, 3.63) is 40.4 Å². The SMILES string of the molecule is COCCCNC(=O)c1c(=O)o[nH][n+]1-c1ccc(OC)cc1. The van der Waals surface area contributed by atoms with Gasteiger partial charge in [-0.05, 0) is 28.5 Å². The molecule has 0 saturated carbocycles. The van der Waals surface area contributed by atoms with Crippen molar-refractivity contribution in [3.63, 3.8) is 0 Å². The first kappa shape index (κ1) is 15.8. The molecule has 0 aliphatic carbocycles. The number of H-pyrrole nitrogens is 1. The Bertz CT molecular complexity index is 675. The van der Waals surface area contributed by atoms with E-state index in [1.807, 2.05) is 0 Å². The molecule has 0 aliphatic heterocycles. The zero-order valence-electron chi connectivity index (χ0n) is 12.4. The summed E-state index contributed by atoms with van der Waals surface area (Å²) in [5.41, 5.74) is -0.281. The Morgan fingerprint density at radius 3 is 2.68 bits per heavy atom. The molecule has 0 radical (unpaired) electrons. The van der Waals surface area contributed by atoms with Crippen molar-refractivity contribution in [2.24, 2.45) is 0 Å². The van der Waals surface area contributed by atoms with Gasteiger partial charge in [-0.15, -0.1) is 0 Å². The third-order valence-electron chi connectivity index (χ3n) is 3.00. The monoisotopic (exact) mass is 308 g/mol. The Hall–Kier alpha value is -2.61. The molecule has 0 aliphatic rings. The number of rotatable bonds is 7. The molecule has 8 nitrogen and oxygen atoms in total. The van der Waals surface area contributed by atoms with Crippen molar-refractivity contribution in [1.29, 1.82) is 0 Å². The van der Waals surface area contributed by atoms with Gasteiger partial charge in [-0.2, -0.15) is 0 Å². The maximum absolute atomic E-state index is 12.1. The Balaban J connectivity index is 2.19. The van der Waals surface area contributed by atoms with E-state index in [0.717, 1.165) is 0 Å². The summed E-state index contributed by atoms with van der Waals surface area (Å²) < 4.78 is 16.0. The van der Waals surface area contributed by atoms with Crippen LogP contribution in [0.4, 0.5) is 0 Å². The number of benzene rings is 1. The van der Waals surface area contributed by atoms with Crippen molar-refractivity contribution in [2.75, 3.05) is 27.4 Å². The molecule has 8 heteroatoms. The summed E-state index contributed by atoms with van der Waals surface area (Å²) in [6.07, 6.45) is 0.653. The number of hydrogen-bond acceptors (Lipinski definition) is 5. The molecule has 0 spiro atoms. The lowest BCUT2D eigenvalue weighted by Crippen LogP contribution is -2.45. The molecule has 0 bridgehead atoms. The Labute approximate surface area is 126 Å². The largest absolute Gasteiger partial charge is 0.497 e. The number of hydrogen-bond donors (Lipinski definition) is 2. The summed E-state index contributed by atoms with van der Waals surface area (Å²) >= 11 is 0. The molecule has 1 aromatic carbocycles. The van der Waals surface area contributed by atoms with Crippen LogP contribution in [0, 0.1) is 0 Å². The van der Waals surface area contributed by atoms with Gasteiger partial charge in [0.2, 0.25) is 5.69 Å². The number of nitrogens with zero attached hydrogens (tertiary/aromatic N) is 1. The maximum Gasteiger partial charge on any atom is 0.441 e. The van der Waals surface area contributed by atoms with Gasteiger partial charge in [0, 0.05) is 32.4 Å². The van der Waals surface area contributed by atoms with Crippen LogP contribution in [0.1, 0.15) is 16.9 Å². The minimum atomic E-state index is -0.736. The summed E-state index contributed by atoms with van der Waals surface area (Å²) in [5, 5.41) is 5.06. The minimum absolute atomic E-state index is 0.123. The molecule has 118 valence electrons. The number of carbonyl (C=O) groups excluding carboxylic acids is 1. The number of carbonyl (C=O) groups is 1. The van der Waals surface area contributed by atoms with Crippen LogP contribution in [0.25, 0.3) is 5.69 Å². The van der Waals surface area contributed by atoms with Crippen molar-refractivity contribution >= 4 is 5.91 Å². The normalized spacial score (nSPS) is 10.5. The van der Waals surface area contributed by atoms with E-state index in [1.165, 1.54) is 4.68 Å². The first-order valence-corrected chi connectivity index (χ1v) is 6.72. The number of aromatic amines is 1. The van der Waals surface area contributed by atoms with Gasteiger partial charge in [0.25, 0.3) is 0 Å². The number of ether oxygens (including phenoxy) is 2. The quantitative estimate of drug-likeness (QED) is 0.555. The fourth-order valence-corrected chi connectivity index (χ4v) is 1.88. The van der Waals surface area contributed by atoms with E-state index < -0.39 is 11.5 Å². The predicted octanol–water partition coefficient (Wildman–Crippen LogP) is 0.0195. The number of amides is 1. The van der Waals surface area contributed by atoms with Crippen LogP contribution in [-0.2, 0) is 4.74 Å². The van der Waals surface area contributed by atoms with Gasteiger partial charge < -0.3 is 14.8 Å². The van der Waals surface area contributed by atoms with Gasteiger partial charge in [0.1, 0.15) is 5.75 Å². The van der Waals surface area contributed by atoms with Crippen LogP contribution in [0.5, 0.6) is 5.75 Å². The van der Waals surface area contributed by atoms with Crippen LogP contribution in [-0.4, -0.2) is 38.5 Å². The molecular weight excluding hydrogens is 290 g/mol. The third-order valence-corrected chi connectivity index (χ3v) is 3.00.